The first-order valence-electron chi connectivity index (χ1n) is 4.01. The Morgan fingerprint density at radius 2 is 2.43 bits per heavy atom. The van der Waals surface area contributed by atoms with E-state index in [2.05, 4.69) is 4.98 Å². The monoisotopic (exact) mass is 211 g/mol. The van der Waals surface area contributed by atoms with Crippen LogP contribution in [0, 0.1) is 6.92 Å². The standard InChI is InChI=1S/C8H9N3O2S/c1-4-2-11-3-5(6(9)7(12)13)14-8(11)10-4/h2-3,6H,9H2,1H3,(H,12,13). The fraction of sp³-hybridized carbons (Fsp3) is 0.250. The Kier molecular flexibility index (Phi) is 2.01. The Bertz CT molecular complexity index is 456. The molecule has 1 atom stereocenters. The lowest BCUT2D eigenvalue weighted by Gasteiger charge is -1.99. The van der Waals surface area contributed by atoms with Gasteiger partial charge < -0.3 is 10.8 Å². The quantitative estimate of drug-likeness (QED) is 0.769. The fourth-order valence-corrected chi connectivity index (χ4v) is 2.20. The molecule has 0 saturated carbocycles. The number of fused-ring (bicyclic) bond motifs is 1. The molecule has 0 spiro atoms. The summed E-state index contributed by atoms with van der Waals surface area (Å²) in [7, 11) is 0. The van der Waals surface area contributed by atoms with Gasteiger partial charge in [0.15, 0.2) is 4.96 Å². The van der Waals surface area contributed by atoms with Crippen LogP contribution in [0.3, 0.4) is 0 Å². The van der Waals surface area contributed by atoms with Crippen molar-refractivity contribution in [1.82, 2.24) is 9.38 Å². The first-order chi connectivity index (χ1) is 6.58. The van der Waals surface area contributed by atoms with Gasteiger partial charge in [-0.3, -0.25) is 9.20 Å². The predicted octanol–water partition coefficient (Wildman–Crippen LogP) is 0.789. The van der Waals surface area contributed by atoms with Gasteiger partial charge in [-0.15, -0.1) is 0 Å². The van der Waals surface area contributed by atoms with Gasteiger partial charge in [-0.2, -0.15) is 0 Å². The average Bonchev–Trinajstić information content (AvgIpc) is 2.59. The molecule has 6 heteroatoms. The second-order valence-corrected chi connectivity index (χ2v) is 4.06. The SMILES string of the molecule is Cc1cn2cc(C(N)C(=O)O)sc2n1. The van der Waals surface area contributed by atoms with E-state index >= 15 is 0 Å². The van der Waals surface area contributed by atoms with Crippen LogP contribution in [0.2, 0.25) is 0 Å². The number of carboxylic acids is 1. The summed E-state index contributed by atoms with van der Waals surface area (Å²) in [6.45, 7) is 1.89. The van der Waals surface area contributed by atoms with Gasteiger partial charge in [-0.25, -0.2) is 4.98 Å². The summed E-state index contributed by atoms with van der Waals surface area (Å²) in [4.78, 5) is 16.2. The Morgan fingerprint density at radius 1 is 1.71 bits per heavy atom. The number of carbonyl (C=O) groups is 1. The number of nitrogens with zero attached hydrogens (tertiary/aromatic N) is 2. The van der Waals surface area contributed by atoms with Crippen molar-refractivity contribution in [2.75, 3.05) is 0 Å². The number of hydrogen-bond acceptors (Lipinski definition) is 4. The summed E-state index contributed by atoms with van der Waals surface area (Å²) in [6, 6.07) is -0.956. The average molecular weight is 211 g/mol. The first-order valence-corrected chi connectivity index (χ1v) is 4.83. The second kappa shape index (κ2) is 3.07. The second-order valence-electron chi connectivity index (χ2n) is 3.02. The Balaban J connectivity index is 2.45. The van der Waals surface area contributed by atoms with Crippen LogP contribution in [0.5, 0.6) is 0 Å². The van der Waals surface area contributed by atoms with Crippen LogP contribution in [0.1, 0.15) is 16.6 Å². The van der Waals surface area contributed by atoms with Crippen molar-refractivity contribution in [3.05, 3.63) is 23.0 Å². The first kappa shape index (κ1) is 9.17. The van der Waals surface area contributed by atoms with Crippen LogP contribution >= 0.6 is 11.3 Å². The van der Waals surface area contributed by atoms with Gasteiger partial charge in [0.05, 0.1) is 10.6 Å². The van der Waals surface area contributed by atoms with Crippen LogP contribution in [-0.4, -0.2) is 20.5 Å². The number of nitrogens with two attached hydrogens (primary N) is 1. The summed E-state index contributed by atoms with van der Waals surface area (Å²) in [6.07, 6.45) is 3.54. The molecule has 2 aromatic rings. The summed E-state index contributed by atoms with van der Waals surface area (Å²) in [5.41, 5.74) is 6.38. The molecular weight excluding hydrogens is 202 g/mol. The van der Waals surface area contributed by atoms with Crippen LogP contribution in [0.4, 0.5) is 0 Å². The molecular formula is C8H9N3O2S. The van der Waals surface area contributed by atoms with Crippen molar-refractivity contribution < 1.29 is 9.90 Å². The van der Waals surface area contributed by atoms with Gasteiger partial charge in [0.25, 0.3) is 0 Å². The number of rotatable bonds is 2. The molecule has 0 saturated heterocycles. The van der Waals surface area contributed by atoms with E-state index in [-0.39, 0.29) is 0 Å². The third kappa shape index (κ3) is 1.38. The van der Waals surface area contributed by atoms with Crippen LogP contribution in [0.25, 0.3) is 4.96 Å². The maximum atomic E-state index is 10.6. The maximum absolute atomic E-state index is 10.6. The molecule has 0 aliphatic carbocycles. The van der Waals surface area contributed by atoms with Gasteiger partial charge in [0.2, 0.25) is 0 Å². The molecule has 0 aliphatic rings. The molecule has 0 bridgehead atoms. The van der Waals surface area contributed by atoms with Crippen molar-refractivity contribution in [2.45, 2.75) is 13.0 Å². The van der Waals surface area contributed by atoms with E-state index < -0.39 is 12.0 Å². The van der Waals surface area contributed by atoms with Crippen LogP contribution in [-0.2, 0) is 4.79 Å². The molecule has 14 heavy (non-hydrogen) atoms. The molecule has 5 nitrogen and oxygen atoms in total. The minimum absolute atomic E-state index is 0.611. The van der Waals surface area contributed by atoms with E-state index in [0.717, 1.165) is 10.7 Å². The van der Waals surface area contributed by atoms with Gasteiger partial charge in [-0.05, 0) is 6.92 Å². The molecule has 0 amide bonds. The highest BCUT2D eigenvalue weighted by Crippen LogP contribution is 2.22. The van der Waals surface area contributed by atoms with Gasteiger partial charge in [0, 0.05) is 12.4 Å². The lowest BCUT2D eigenvalue weighted by Crippen LogP contribution is -2.19. The van der Waals surface area contributed by atoms with Crippen molar-refractivity contribution >= 4 is 22.3 Å². The van der Waals surface area contributed by atoms with E-state index in [0.29, 0.717) is 4.88 Å². The molecule has 0 fully saturated rings. The van der Waals surface area contributed by atoms with E-state index in [1.807, 2.05) is 13.1 Å². The number of imidazole rings is 1. The fourth-order valence-electron chi connectivity index (χ4n) is 1.20. The lowest BCUT2D eigenvalue weighted by atomic mass is 10.3. The molecule has 2 aromatic heterocycles. The highest BCUT2D eigenvalue weighted by Gasteiger charge is 2.17. The van der Waals surface area contributed by atoms with Crippen LogP contribution < -0.4 is 5.73 Å². The van der Waals surface area contributed by atoms with E-state index in [1.54, 1.807) is 10.6 Å². The number of carboxylic acid groups (broad SMARTS) is 1. The van der Waals surface area contributed by atoms with Gasteiger partial charge in [-0.1, -0.05) is 11.3 Å². The molecule has 0 aliphatic heterocycles. The third-order valence-electron chi connectivity index (χ3n) is 1.87. The molecule has 74 valence electrons. The molecule has 0 aromatic carbocycles. The largest absolute Gasteiger partial charge is 0.480 e. The third-order valence-corrected chi connectivity index (χ3v) is 2.95. The Morgan fingerprint density at radius 3 is 3.00 bits per heavy atom. The van der Waals surface area contributed by atoms with Crippen molar-refractivity contribution in [3.63, 3.8) is 0 Å². The smallest absolute Gasteiger partial charge is 0.326 e. The minimum atomic E-state index is -1.02. The van der Waals surface area contributed by atoms with E-state index in [4.69, 9.17) is 10.8 Å². The number of aliphatic carboxylic acids is 1. The molecule has 0 radical (unpaired) electrons. The minimum Gasteiger partial charge on any atom is -0.480 e. The Hall–Kier alpha value is -1.40. The normalized spacial score (nSPS) is 13.3. The summed E-state index contributed by atoms with van der Waals surface area (Å²) in [5, 5.41) is 8.70. The summed E-state index contributed by atoms with van der Waals surface area (Å²) < 4.78 is 1.79. The summed E-state index contributed by atoms with van der Waals surface area (Å²) in [5.74, 6) is -1.02. The zero-order valence-electron chi connectivity index (χ0n) is 7.47. The topological polar surface area (TPSA) is 80.6 Å². The highest BCUT2D eigenvalue weighted by molar-refractivity contribution is 7.17. The lowest BCUT2D eigenvalue weighted by molar-refractivity contribution is -0.138. The van der Waals surface area contributed by atoms with Crippen molar-refractivity contribution in [1.29, 1.82) is 0 Å². The van der Waals surface area contributed by atoms with E-state index in [9.17, 15) is 4.79 Å². The number of hydrogen-bond donors (Lipinski definition) is 2. The highest BCUT2D eigenvalue weighted by atomic mass is 32.1. The zero-order valence-corrected chi connectivity index (χ0v) is 8.28. The Labute approximate surface area is 83.8 Å². The van der Waals surface area contributed by atoms with E-state index in [1.165, 1.54) is 11.3 Å². The van der Waals surface area contributed by atoms with Crippen LogP contribution in [0.15, 0.2) is 12.4 Å². The van der Waals surface area contributed by atoms with Gasteiger partial charge >= 0.3 is 5.97 Å². The number of aryl methyl sites for hydroxylation is 1. The zero-order chi connectivity index (χ0) is 10.3. The molecule has 1 unspecified atom stereocenters. The maximum Gasteiger partial charge on any atom is 0.326 e. The number of thiazole rings is 1. The summed E-state index contributed by atoms with van der Waals surface area (Å²) >= 11 is 1.30. The van der Waals surface area contributed by atoms with Gasteiger partial charge in [0.1, 0.15) is 6.04 Å². The predicted molar refractivity (Wildman–Crippen MR) is 52.4 cm³/mol. The number of aromatic nitrogens is 2. The van der Waals surface area contributed by atoms with Crippen molar-refractivity contribution in [3.8, 4) is 0 Å². The van der Waals surface area contributed by atoms with Crippen molar-refractivity contribution in [2.24, 2.45) is 5.73 Å². The molecule has 2 rings (SSSR count). The molecule has 3 N–H and O–H groups in total. The molecule has 2 heterocycles.